The number of nitrogens with zero attached hydrogens (tertiary/aromatic N) is 4. The molecule has 2 atom stereocenters. The predicted octanol–water partition coefficient (Wildman–Crippen LogP) is 2.90. The molecule has 0 bridgehead atoms. The van der Waals surface area contributed by atoms with E-state index in [4.69, 9.17) is 0 Å². The van der Waals surface area contributed by atoms with E-state index in [9.17, 15) is 35.2 Å². The lowest BCUT2D eigenvalue weighted by atomic mass is 10.0. The van der Waals surface area contributed by atoms with Crippen molar-refractivity contribution in [3.63, 3.8) is 0 Å². The summed E-state index contributed by atoms with van der Waals surface area (Å²) < 4.78 is 90.1. The highest BCUT2D eigenvalue weighted by Gasteiger charge is 2.40. The smallest absolute Gasteiger partial charge is 0.378 e. The van der Waals surface area contributed by atoms with Crippen molar-refractivity contribution in [3.05, 3.63) is 41.9 Å². The second-order valence-corrected chi connectivity index (χ2v) is 10.9. The van der Waals surface area contributed by atoms with E-state index in [1.807, 2.05) is 9.80 Å². The number of nitrogens with one attached hydrogen (secondary N) is 1. The number of alkyl halides is 3. The first-order valence-corrected chi connectivity index (χ1v) is 13.1. The Kier molecular flexibility index (Phi) is 7.19. The molecule has 2 saturated heterocycles. The first-order chi connectivity index (χ1) is 16.9. The minimum Gasteiger partial charge on any atom is -0.378 e. The van der Waals surface area contributed by atoms with Gasteiger partial charge in [-0.05, 0) is 25.3 Å². The molecule has 14 heteroatoms. The number of benzene rings is 1. The van der Waals surface area contributed by atoms with E-state index in [1.54, 1.807) is 0 Å². The molecule has 1 aromatic carbocycles. The van der Waals surface area contributed by atoms with Crippen LogP contribution in [0.25, 0.3) is 0 Å². The highest BCUT2D eigenvalue weighted by Crippen LogP contribution is 2.31. The summed E-state index contributed by atoms with van der Waals surface area (Å²) in [5.74, 6) is -1.69. The van der Waals surface area contributed by atoms with E-state index in [0.29, 0.717) is 57.0 Å². The Morgan fingerprint density at radius 1 is 1.03 bits per heavy atom. The van der Waals surface area contributed by atoms with Gasteiger partial charge in [-0.3, -0.25) is 4.90 Å². The van der Waals surface area contributed by atoms with E-state index >= 15 is 0 Å². The first-order valence-electron chi connectivity index (χ1n) is 11.2. The third-order valence-corrected chi connectivity index (χ3v) is 7.69. The summed E-state index contributed by atoms with van der Waals surface area (Å²) in [6, 6.07) is 0.263. The average molecular weight is 534 g/mol. The summed E-state index contributed by atoms with van der Waals surface area (Å²) in [7, 11) is -3.94. The molecule has 2 aliphatic rings. The molecule has 0 radical (unpaired) electrons. The van der Waals surface area contributed by atoms with Gasteiger partial charge in [0.15, 0.2) is 15.5 Å². The molecule has 36 heavy (non-hydrogen) atoms. The van der Waals surface area contributed by atoms with Crippen LogP contribution in [-0.4, -0.2) is 73.6 Å². The van der Waals surface area contributed by atoms with Gasteiger partial charge in [0.1, 0.15) is 28.6 Å². The standard InChI is InChI=1S/C22H24F5N5O3S/c1-36(34,35)19-9-14(23)17(8-15(19)24)30-16-4-7-32(18(16)12-33)13-2-5-31(6-3-13)21-11-28-20(10-29-21)22(25,26)27/h8-13,16,18,30H,2-7H2,1H3. The van der Waals surface area contributed by atoms with Crippen LogP contribution < -0.4 is 10.2 Å². The molecule has 0 spiro atoms. The molecular weight excluding hydrogens is 509 g/mol. The molecule has 8 nitrogen and oxygen atoms in total. The van der Waals surface area contributed by atoms with Crippen molar-refractivity contribution in [3.8, 4) is 0 Å². The van der Waals surface area contributed by atoms with Crippen molar-refractivity contribution in [2.24, 2.45) is 0 Å². The number of carbonyl (C=O) groups excluding carboxylic acids is 1. The number of carbonyl (C=O) groups is 1. The van der Waals surface area contributed by atoms with Crippen LogP contribution in [0, 0.1) is 11.6 Å². The Balaban J connectivity index is 1.40. The van der Waals surface area contributed by atoms with Gasteiger partial charge in [-0.25, -0.2) is 27.2 Å². The van der Waals surface area contributed by atoms with Crippen LogP contribution in [-0.2, 0) is 20.8 Å². The number of aldehydes is 1. The van der Waals surface area contributed by atoms with Crippen LogP contribution in [0.3, 0.4) is 0 Å². The van der Waals surface area contributed by atoms with Crippen molar-refractivity contribution < 1.29 is 35.2 Å². The normalized spacial score (nSPS) is 22.1. The number of sulfone groups is 1. The van der Waals surface area contributed by atoms with Crippen LogP contribution in [0.4, 0.5) is 33.5 Å². The maximum atomic E-state index is 14.5. The van der Waals surface area contributed by atoms with E-state index < -0.39 is 50.3 Å². The molecule has 0 aliphatic carbocycles. The second kappa shape index (κ2) is 9.88. The molecule has 4 rings (SSSR count). The fourth-order valence-electron chi connectivity index (χ4n) is 4.78. The van der Waals surface area contributed by atoms with Gasteiger partial charge in [-0.1, -0.05) is 0 Å². The van der Waals surface area contributed by atoms with E-state index in [2.05, 4.69) is 15.3 Å². The van der Waals surface area contributed by atoms with Gasteiger partial charge in [0, 0.05) is 44.0 Å². The Morgan fingerprint density at radius 3 is 2.28 bits per heavy atom. The highest BCUT2D eigenvalue weighted by molar-refractivity contribution is 7.90. The highest BCUT2D eigenvalue weighted by atomic mass is 32.2. The van der Waals surface area contributed by atoms with E-state index in [-0.39, 0.29) is 11.7 Å². The fourth-order valence-corrected chi connectivity index (χ4v) is 5.51. The van der Waals surface area contributed by atoms with Crippen molar-refractivity contribution in [1.29, 1.82) is 0 Å². The SMILES string of the molecule is CS(=O)(=O)c1cc(F)c(NC2CCN(C3CCN(c4cnc(C(F)(F)F)cn4)CC3)C2C=O)cc1F. The largest absolute Gasteiger partial charge is 0.434 e. The monoisotopic (exact) mass is 533 g/mol. The average Bonchev–Trinajstić information content (AvgIpc) is 3.22. The van der Waals surface area contributed by atoms with E-state index in [1.165, 1.54) is 0 Å². The maximum absolute atomic E-state index is 14.5. The Hall–Kier alpha value is -2.87. The molecule has 196 valence electrons. The zero-order valence-electron chi connectivity index (χ0n) is 19.2. The Morgan fingerprint density at radius 2 is 1.72 bits per heavy atom. The van der Waals surface area contributed by atoms with Crippen molar-refractivity contribution in [1.82, 2.24) is 14.9 Å². The summed E-state index contributed by atoms with van der Waals surface area (Å²) in [5.41, 5.74) is -1.29. The topological polar surface area (TPSA) is 95.5 Å². The predicted molar refractivity (Wildman–Crippen MR) is 120 cm³/mol. The Bertz CT molecular complexity index is 1220. The zero-order valence-corrected chi connectivity index (χ0v) is 20.0. The Labute approximate surface area is 204 Å². The van der Waals surface area contributed by atoms with Gasteiger partial charge in [0.05, 0.1) is 24.1 Å². The number of anilines is 2. The lowest BCUT2D eigenvalue weighted by Gasteiger charge is -2.39. The van der Waals surface area contributed by atoms with Gasteiger partial charge in [0.25, 0.3) is 0 Å². The maximum Gasteiger partial charge on any atom is 0.434 e. The van der Waals surface area contributed by atoms with Crippen molar-refractivity contribution >= 4 is 27.6 Å². The molecule has 0 amide bonds. The molecule has 2 aromatic rings. The molecule has 3 heterocycles. The summed E-state index contributed by atoms with van der Waals surface area (Å²) in [6.07, 6.45) is 0.469. The third kappa shape index (κ3) is 5.43. The van der Waals surface area contributed by atoms with E-state index in [0.717, 1.165) is 24.8 Å². The van der Waals surface area contributed by atoms with Crippen molar-refractivity contribution in [2.75, 3.05) is 36.1 Å². The number of rotatable bonds is 6. The van der Waals surface area contributed by atoms with Gasteiger partial charge in [0.2, 0.25) is 0 Å². The number of aromatic nitrogens is 2. The molecule has 0 saturated carbocycles. The molecular formula is C22H24F5N5O3S. The van der Waals surface area contributed by atoms with Gasteiger partial charge < -0.3 is 15.0 Å². The second-order valence-electron chi connectivity index (χ2n) is 8.91. The molecule has 2 unspecified atom stereocenters. The molecule has 1 N–H and O–H groups in total. The van der Waals surface area contributed by atoms with Crippen LogP contribution in [0.2, 0.25) is 0 Å². The number of halogens is 5. The third-order valence-electron chi connectivity index (χ3n) is 6.58. The lowest BCUT2D eigenvalue weighted by Crippen LogP contribution is -2.50. The van der Waals surface area contributed by atoms with Crippen LogP contribution in [0.5, 0.6) is 0 Å². The summed E-state index contributed by atoms with van der Waals surface area (Å²) in [5, 5.41) is 2.85. The minimum absolute atomic E-state index is 0.000138. The summed E-state index contributed by atoms with van der Waals surface area (Å²) in [6.45, 7) is 1.52. The van der Waals surface area contributed by atoms with Crippen LogP contribution in [0.15, 0.2) is 29.4 Å². The van der Waals surface area contributed by atoms with Gasteiger partial charge in [-0.15, -0.1) is 0 Å². The molecule has 2 aliphatic heterocycles. The number of likely N-dealkylation sites (tertiary alicyclic amines) is 1. The quantitative estimate of drug-likeness (QED) is 0.448. The van der Waals surface area contributed by atoms with Gasteiger partial charge in [-0.2, -0.15) is 13.2 Å². The molecule has 1 aromatic heterocycles. The zero-order chi connectivity index (χ0) is 26.3. The fraction of sp³-hybridized carbons (Fsp3) is 0.500. The number of hydrogen-bond acceptors (Lipinski definition) is 8. The minimum atomic E-state index is -4.56. The number of piperidine rings is 1. The van der Waals surface area contributed by atoms with Crippen molar-refractivity contribution in [2.45, 2.75) is 48.5 Å². The van der Waals surface area contributed by atoms with Crippen LogP contribution >= 0.6 is 0 Å². The van der Waals surface area contributed by atoms with Crippen LogP contribution in [0.1, 0.15) is 25.0 Å². The number of hydrogen-bond donors (Lipinski definition) is 1. The summed E-state index contributed by atoms with van der Waals surface area (Å²) in [4.78, 5) is 22.3. The molecule has 2 fully saturated rings. The first kappa shape index (κ1) is 26.2. The lowest BCUT2D eigenvalue weighted by molar-refractivity contribution is -0.141. The van der Waals surface area contributed by atoms with Gasteiger partial charge >= 0.3 is 6.18 Å². The summed E-state index contributed by atoms with van der Waals surface area (Å²) >= 11 is 0.